The minimum absolute atomic E-state index is 0.0688. The molecule has 0 aliphatic rings. The van der Waals surface area contributed by atoms with Crippen LogP contribution < -0.4 is 15.1 Å². The quantitative estimate of drug-likeness (QED) is 0.148. The topological polar surface area (TPSA) is 111 Å². The molecule has 0 bridgehead atoms. The molecule has 216 valence electrons. The van der Waals surface area contributed by atoms with Crippen molar-refractivity contribution in [3.8, 4) is 17.2 Å². The molecule has 4 aromatic carbocycles. The van der Waals surface area contributed by atoms with Crippen LogP contribution in [0.5, 0.6) is 17.2 Å². The van der Waals surface area contributed by atoms with Crippen LogP contribution in [0.15, 0.2) is 106 Å². The number of methoxy groups -OCH3 is 2. The highest BCUT2D eigenvalue weighted by atomic mass is 16.5. The van der Waals surface area contributed by atoms with Crippen LogP contribution in [0.4, 0.5) is 0 Å². The van der Waals surface area contributed by atoms with Gasteiger partial charge in [-0.15, -0.1) is 0 Å². The SMILES string of the molecule is COc1ccc(C(c2[nH]c3ccccc3c2CCOC(=O)c2ccccc2OC)c2c(O)c3ccccc3oc2=O)cc1. The molecule has 0 aliphatic carbocycles. The second-order valence-corrected chi connectivity index (χ2v) is 10.0. The second kappa shape index (κ2) is 11.8. The summed E-state index contributed by atoms with van der Waals surface area (Å²) in [5, 5.41) is 12.9. The van der Waals surface area contributed by atoms with Crippen molar-refractivity contribution in [2.45, 2.75) is 12.3 Å². The van der Waals surface area contributed by atoms with Gasteiger partial charge >= 0.3 is 11.6 Å². The molecule has 8 nitrogen and oxygen atoms in total. The number of H-pyrrole nitrogens is 1. The molecule has 2 aromatic heterocycles. The highest BCUT2D eigenvalue weighted by Gasteiger charge is 2.30. The van der Waals surface area contributed by atoms with Crippen molar-refractivity contribution in [3.05, 3.63) is 135 Å². The summed E-state index contributed by atoms with van der Waals surface area (Å²) < 4.78 is 22.1. The monoisotopic (exact) mass is 575 g/mol. The summed E-state index contributed by atoms with van der Waals surface area (Å²) >= 11 is 0. The number of esters is 1. The number of aromatic amines is 1. The molecule has 0 amide bonds. The van der Waals surface area contributed by atoms with Gasteiger partial charge in [0.05, 0.1) is 37.7 Å². The maximum Gasteiger partial charge on any atom is 0.344 e. The molecule has 0 fully saturated rings. The van der Waals surface area contributed by atoms with E-state index in [1.54, 1.807) is 67.8 Å². The van der Waals surface area contributed by atoms with E-state index in [9.17, 15) is 14.7 Å². The van der Waals surface area contributed by atoms with Crippen LogP contribution in [0, 0.1) is 0 Å². The molecule has 8 heteroatoms. The van der Waals surface area contributed by atoms with E-state index in [0.29, 0.717) is 40.1 Å². The summed E-state index contributed by atoms with van der Waals surface area (Å²) in [4.78, 5) is 30.0. The van der Waals surface area contributed by atoms with Gasteiger partial charge in [0.25, 0.3) is 0 Å². The Balaban J connectivity index is 1.47. The number of carbonyl (C=O) groups is 1. The molecule has 0 aliphatic heterocycles. The van der Waals surface area contributed by atoms with Gasteiger partial charge in [-0.1, -0.05) is 54.6 Å². The van der Waals surface area contributed by atoms with Gasteiger partial charge in [0.15, 0.2) is 0 Å². The predicted molar refractivity (Wildman–Crippen MR) is 163 cm³/mol. The zero-order valence-electron chi connectivity index (χ0n) is 23.6. The third-order valence-electron chi connectivity index (χ3n) is 7.61. The van der Waals surface area contributed by atoms with Gasteiger partial charge in [-0.05, 0) is 53.6 Å². The number of aromatic nitrogens is 1. The maximum absolute atomic E-state index is 13.6. The van der Waals surface area contributed by atoms with Crippen LogP contribution in [0.2, 0.25) is 0 Å². The van der Waals surface area contributed by atoms with Crippen molar-refractivity contribution in [2.24, 2.45) is 0 Å². The van der Waals surface area contributed by atoms with Gasteiger partial charge in [-0.3, -0.25) is 0 Å². The summed E-state index contributed by atoms with van der Waals surface area (Å²) in [5.74, 6) is -0.312. The van der Waals surface area contributed by atoms with E-state index < -0.39 is 17.5 Å². The van der Waals surface area contributed by atoms with Crippen molar-refractivity contribution in [2.75, 3.05) is 20.8 Å². The number of ether oxygens (including phenoxy) is 3. The van der Waals surface area contributed by atoms with E-state index in [4.69, 9.17) is 18.6 Å². The Bertz CT molecular complexity index is 1990. The number of hydrogen-bond donors (Lipinski definition) is 2. The van der Waals surface area contributed by atoms with Crippen molar-refractivity contribution in [1.29, 1.82) is 0 Å². The lowest BCUT2D eigenvalue weighted by Crippen LogP contribution is -2.17. The molecule has 2 heterocycles. The summed E-state index contributed by atoms with van der Waals surface area (Å²) in [7, 11) is 3.08. The first-order valence-electron chi connectivity index (χ1n) is 13.8. The van der Waals surface area contributed by atoms with Gasteiger partial charge in [-0.25, -0.2) is 9.59 Å². The normalized spacial score (nSPS) is 11.9. The molecule has 0 saturated heterocycles. The predicted octanol–water partition coefficient (Wildman–Crippen LogP) is 6.58. The zero-order chi connectivity index (χ0) is 29.9. The molecular formula is C35H29NO7. The Kier molecular flexibility index (Phi) is 7.57. The van der Waals surface area contributed by atoms with Crippen molar-refractivity contribution < 1.29 is 28.5 Å². The number of hydrogen-bond acceptors (Lipinski definition) is 7. The number of carbonyl (C=O) groups excluding carboxylic acids is 1. The summed E-state index contributed by atoms with van der Waals surface area (Å²) in [5.41, 5.74) is 3.17. The summed E-state index contributed by atoms with van der Waals surface area (Å²) in [6, 6.07) is 28.8. The first-order chi connectivity index (χ1) is 21.0. The third kappa shape index (κ3) is 5.19. The van der Waals surface area contributed by atoms with E-state index >= 15 is 0 Å². The fraction of sp³-hybridized carbons (Fsp3) is 0.143. The number of rotatable bonds is 9. The van der Waals surface area contributed by atoms with Gasteiger partial charge in [0, 0.05) is 23.0 Å². The minimum atomic E-state index is -0.737. The number of fused-ring (bicyclic) bond motifs is 2. The minimum Gasteiger partial charge on any atom is -0.507 e. The molecular weight excluding hydrogens is 546 g/mol. The second-order valence-electron chi connectivity index (χ2n) is 10.0. The van der Waals surface area contributed by atoms with Gasteiger partial charge in [-0.2, -0.15) is 0 Å². The molecule has 6 rings (SSSR count). The average Bonchev–Trinajstić information content (AvgIpc) is 3.40. The number of nitrogens with one attached hydrogen (secondary N) is 1. The van der Waals surface area contributed by atoms with Crippen molar-refractivity contribution >= 4 is 27.8 Å². The molecule has 1 unspecified atom stereocenters. The summed E-state index contributed by atoms with van der Waals surface area (Å²) in [6.45, 7) is 0.0688. The Morgan fingerprint density at radius 2 is 1.56 bits per heavy atom. The Hall–Kier alpha value is -5.50. The largest absolute Gasteiger partial charge is 0.507 e. The Labute approximate surface area is 247 Å². The van der Waals surface area contributed by atoms with Crippen molar-refractivity contribution in [1.82, 2.24) is 4.98 Å². The van der Waals surface area contributed by atoms with E-state index in [0.717, 1.165) is 22.0 Å². The van der Waals surface area contributed by atoms with E-state index in [1.165, 1.54) is 7.11 Å². The first-order valence-corrected chi connectivity index (χ1v) is 13.8. The fourth-order valence-corrected chi connectivity index (χ4v) is 5.55. The van der Waals surface area contributed by atoms with Crippen LogP contribution in [0.3, 0.4) is 0 Å². The molecule has 6 aromatic rings. The average molecular weight is 576 g/mol. The first kappa shape index (κ1) is 27.7. The van der Waals surface area contributed by atoms with Gasteiger partial charge in [0.1, 0.15) is 28.4 Å². The molecule has 0 radical (unpaired) electrons. The Morgan fingerprint density at radius 1 is 0.860 bits per heavy atom. The van der Waals surface area contributed by atoms with Crippen molar-refractivity contribution in [3.63, 3.8) is 0 Å². The highest BCUT2D eigenvalue weighted by Crippen LogP contribution is 2.41. The molecule has 0 saturated carbocycles. The fourth-order valence-electron chi connectivity index (χ4n) is 5.55. The van der Waals surface area contributed by atoms with Crippen LogP contribution in [-0.2, 0) is 11.2 Å². The van der Waals surface area contributed by atoms with E-state index in [2.05, 4.69) is 4.98 Å². The Morgan fingerprint density at radius 3 is 2.33 bits per heavy atom. The lowest BCUT2D eigenvalue weighted by molar-refractivity contribution is 0.0505. The molecule has 43 heavy (non-hydrogen) atoms. The van der Waals surface area contributed by atoms with Crippen LogP contribution in [-0.4, -0.2) is 36.9 Å². The lowest BCUT2D eigenvalue weighted by atomic mass is 9.85. The molecule has 2 N–H and O–H groups in total. The summed E-state index contributed by atoms with van der Waals surface area (Å²) in [6.07, 6.45) is 0.340. The third-order valence-corrected chi connectivity index (χ3v) is 7.61. The maximum atomic E-state index is 13.6. The van der Waals surface area contributed by atoms with Crippen LogP contribution in [0.25, 0.3) is 21.9 Å². The van der Waals surface area contributed by atoms with Gasteiger partial charge < -0.3 is 28.7 Å². The lowest BCUT2D eigenvalue weighted by Gasteiger charge is -2.20. The number of para-hydroxylation sites is 3. The standard InChI is InChI=1S/C35H29NO7/c1-40-22-17-15-21(16-18-22)30(31-33(37)25-10-4-8-14-29(25)43-35(31)39)32-24(23-9-3-6-12-27(23)36-32)19-20-42-34(38)26-11-5-7-13-28(26)41-2/h3-18,30,36-37H,19-20H2,1-2H3. The van der Waals surface area contributed by atoms with Crippen LogP contribution >= 0.6 is 0 Å². The smallest absolute Gasteiger partial charge is 0.344 e. The van der Waals surface area contributed by atoms with Crippen LogP contribution in [0.1, 0.15) is 38.7 Å². The molecule has 0 spiro atoms. The zero-order valence-corrected chi connectivity index (χ0v) is 23.6. The van der Waals surface area contributed by atoms with E-state index in [1.807, 2.05) is 36.4 Å². The van der Waals surface area contributed by atoms with Gasteiger partial charge in [0.2, 0.25) is 0 Å². The highest BCUT2D eigenvalue weighted by molar-refractivity contribution is 5.92. The number of benzene rings is 4. The molecule has 1 atom stereocenters. The van der Waals surface area contributed by atoms with E-state index in [-0.39, 0.29) is 17.9 Å². The number of aromatic hydroxyl groups is 1.